The van der Waals surface area contributed by atoms with Crippen LogP contribution in [0.25, 0.3) is 21.3 Å². The first kappa shape index (κ1) is 16.7. The first-order valence-electron chi connectivity index (χ1n) is 8.33. The molecule has 0 atom stereocenters. The molecule has 0 aliphatic rings. The Kier molecular flexibility index (Phi) is 3.77. The molecule has 1 aromatic carbocycles. The van der Waals surface area contributed by atoms with Gasteiger partial charge in [-0.2, -0.15) is 5.10 Å². The minimum atomic E-state index is -0.200. The number of nitrogens with zero attached hydrogens (tertiary/aromatic N) is 4. The summed E-state index contributed by atoms with van der Waals surface area (Å²) in [6.07, 6.45) is 0. The Morgan fingerprint density at radius 2 is 1.85 bits per heavy atom. The summed E-state index contributed by atoms with van der Waals surface area (Å²) >= 11 is 1.49. The second kappa shape index (κ2) is 5.88. The molecule has 0 aliphatic carbocycles. The van der Waals surface area contributed by atoms with Crippen molar-refractivity contribution >= 4 is 43.6 Å². The molecular formula is C19H19N5OS. The van der Waals surface area contributed by atoms with Crippen molar-refractivity contribution in [2.45, 2.75) is 27.7 Å². The number of hydrogen-bond acceptors (Lipinski definition) is 5. The van der Waals surface area contributed by atoms with E-state index in [0.29, 0.717) is 16.4 Å². The van der Waals surface area contributed by atoms with Crippen LogP contribution in [0.15, 0.2) is 18.2 Å². The van der Waals surface area contributed by atoms with Gasteiger partial charge in [0.15, 0.2) is 10.8 Å². The number of amides is 1. The summed E-state index contributed by atoms with van der Waals surface area (Å²) in [6, 6.07) is 6.05. The number of aryl methyl sites for hydroxylation is 5. The molecule has 6 nitrogen and oxygen atoms in total. The van der Waals surface area contributed by atoms with Gasteiger partial charge in [0.2, 0.25) is 0 Å². The van der Waals surface area contributed by atoms with Crippen LogP contribution in [0.3, 0.4) is 0 Å². The Bertz CT molecular complexity index is 1190. The summed E-state index contributed by atoms with van der Waals surface area (Å²) < 4.78 is 2.81. The van der Waals surface area contributed by atoms with E-state index in [2.05, 4.69) is 39.4 Å². The third-order valence-electron chi connectivity index (χ3n) is 4.48. The lowest BCUT2D eigenvalue weighted by Crippen LogP contribution is -2.14. The second-order valence-corrected chi connectivity index (χ2v) is 7.63. The summed E-state index contributed by atoms with van der Waals surface area (Å²) in [5, 5.41) is 8.79. The average Bonchev–Trinajstić information content (AvgIpc) is 3.07. The summed E-state index contributed by atoms with van der Waals surface area (Å²) in [4.78, 5) is 21.9. The van der Waals surface area contributed by atoms with Crippen molar-refractivity contribution in [3.8, 4) is 0 Å². The van der Waals surface area contributed by atoms with E-state index in [1.54, 1.807) is 4.68 Å². The molecule has 0 bridgehead atoms. The maximum absolute atomic E-state index is 12.8. The lowest BCUT2D eigenvalue weighted by Gasteiger charge is -2.05. The van der Waals surface area contributed by atoms with Gasteiger partial charge in [-0.1, -0.05) is 17.4 Å². The van der Waals surface area contributed by atoms with Crippen LogP contribution in [-0.4, -0.2) is 25.7 Å². The highest BCUT2D eigenvalue weighted by molar-refractivity contribution is 7.22. The van der Waals surface area contributed by atoms with Gasteiger partial charge >= 0.3 is 0 Å². The SMILES string of the molecule is Cc1cc(C)c2nc(NC(=O)c3cc4c(C)nn(C)c4nc3C)sc2c1. The van der Waals surface area contributed by atoms with Crippen LogP contribution in [0.1, 0.15) is 32.9 Å². The van der Waals surface area contributed by atoms with Crippen molar-refractivity contribution in [2.75, 3.05) is 5.32 Å². The van der Waals surface area contributed by atoms with Crippen LogP contribution < -0.4 is 5.32 Å². The van der Waals surface area contributed by atoms with E-state index < -0.39 is 0 Å². The minimum Gasteiger partial charge on any atom is -0.298 e. The van der Waals surface area contributed by atoms with Crippen molar-refractivity contribution in [3.63, 3.8) is 0 Å². The second-order valence-electron chi connectivity index (χ2n) is 6.60. The Balaban J connectivity index is 1.72. The fourth-order valence-corrected chi connectivity index (χ4v) is 4.29. The van der Waals surface area contributed by atoms with Gasteiger partial charge in [0, 0.05) is 12.4 Å². The molecule has 0 fully saturated rings. The standard InChI is InChI=1S/C19H19N5OS/c1-9-6-10(2)16-15(7-9)26-19(21-16)22-18(25)14-8-13-12(4)23-24(5)17(13)20-11(14)3/h6-8H,1-5H3,(H,21,22,25). The predicted octanol–water partition coefficient (Wildman–Crippen LogP) is 4.06. The number of hydrogen-bond donors (Lipinski definition) is 1. The first-order chi connectivity index (χ1) is 12.3. The third-order valence-corrected chi connectivity index (χ3v) is 5.40. The van der Waals surface area contributed by atoms with Gasteiger partial charge in [0.25, 0.3) is 5.91 Å². The topological polar surface area (TPSA) is 72.7 Å². The number of carbonyl (C=O) groups excluding carboxylic acids is 1. The van der Waals surface area contributed by atoms with Crippen LogP contribution in [0.2, 0.25) is 0 Å². The summed E-state index contributed by atoms with van der Waals surface area (Å²) in [6.45, 7) is 7.85. The monoisotopic (exact) mass is 365 g/mol. The molecule has 26 heavy (non-hydrogen) atoms. The van der Waals surface area contributed by atoms with Crippen LogP contribution in [-0.2, 0) is 7.05 Å². The molecule has 0 saturated carbocycles. The number of nitrogens with one attached hydrogen (secondary N) is 1. The largest absolute Gasteiger partial charge is 0.298 e. The number of carbonyl (C=O) groups is 1. The Morgan fingerprint density at radius 3 is 2.62 bits per heavy atom. The fraction of sp³-hybridized carbons (Fsp3) is 0.263. The highest BCUT2D eigenvalue weighted by Gasteiger charge is 2.17. The molecule has 0 unspecified atom stereocenters. The van der Waals surface area contributed by atoms with Gasteiger partial charge in [-0.3, -0.25) is 14.8 Å². The van der Waals surface area contributed by atoms with Gasteiger partial charge in [-0.05, 0) is 51.0 Å². The van der Waals surface area contributed by atoms with Crippen LogP contribution in [0.4, 0.5) is 5.13 Å². The number of thiazole rings is 1. The fourth-order valence-electron chi connectivity index (χ4n) is 3.25. The molecule has 0 aliphatic heterocycles. The predicted molar refractivity (Wildman–Crippen MR) is 105 cm³/mol. The molecule has 3 aromatic heterocycles. The Labute approximate surface area is 154 Å². The van der Waals surface area contributed by atoms with Crippen molar-refractivity contribution in [1.29, 1.82) is 0 Å². The molecule has 4 rings (SSSR count). The third kappa shape index (κ3) is 2.64. The van der Waals surface area contributed by atoms with Crippen molar-refractivity contribution in [1.82, 2.24) is 19.7 Å². The molecule has 0 spiro atoms. The number of benzene rings is 1. The summed E-state index contributed by atoms with van der Waals surface area (Å²) in [5.74, 6) is -0.200. The number of rotatable bonds is 2. The smallest absolute Gasteiger partial charge is 0.259 e. The van der Waals surface area contributed by atoms with E-state index in [1.165, 1.54) is 16.9 Å². The maximum atomic E-state index is 12.8. The van der Waals surface area contributed by atoms with Gasteiger partial charge in [0.1, 0.15) is 0 Å². The van der Waals surface area contributed by atoms with Gasteiger partial charge in [-0.15, -0.1) is 0 Å². The van der Waals surface area contributed by atoms with E-state index in [-0.39, 0.29) is 5.91 Å². The van der Waals surface area contributed by atoms with Crippen LogP contribution >= 0.6 is 11.3 Å². The first-order valence-corrected chi connectivity index (χ1v) is 9.15. The molecule has 4 aromatic rings. The van der Waals surface area contributed by atoms with E-state index >= 15 is 0 Å². The highest BCUT2D eigenvalue weighted by atomic mass is 32.1. The molecular weight excluding hydrogens is 346 g/mol. The van der Waals surface area contributed by atoms with Crippen LogP contribution in [0, 0.1) is 27.7 Å². The molecule has 1 amide bonds. The van der Waals surface area contributed by atoms with Gasteiger partial charge in [0.05, 0.1) is 27.2 Å². The lowest BCUT2D eigenvalue weighted by atomic mass is 10.1. The molecule has 0 saturated heterocycles. The zero-order valence-corrected chi connectivity index (χ0v) is 16.2. The molecule has 0 radical (unpaired) electrons. The Morgan fingerprint density at radius 1 is 1.08 bits per heavy atom. The molecule has 3 heterocycles. The highest BCUT2D eigenvalue weighted by Crippen LogP contribution is 2.30. The van der Waals surface area contributed by atoms with Crippen molar-refractivity contribution in [3.05, 3.63) is 46.3 Å². The van der Waals surface area contributed by atoms with E-state index in [1.807, 2.05) is 33.9 Å². The summed E-state index contributed by atoms with van der Waals surface area (Å²) in [5.41, 5.74) is 6.09. The number of aromatic nitrogens is 4. The van der Waals surface area contributed by atoms with E-state index in [9.17, 15) is 4.79 Å². The quantitative estimate of drug-likeness (QED) is 0.581. The minimum absolute atomic E-state index is 0.200. The van der Waals surface area contributed by atoms with E-state index in [4.69, 9.17) is 0 Å². The maximum Gasteiger partial charge on any atom is 0.259 e. The van der Waals surface area contributed by atoms with Crippen molar-refractivity contribution < 1.29 is 4.79 Å². The number of fused-ring (bicyclic) bond motifs is 2. The zero-order valence-electron chi connectivity index (χ0n) is 15.3. The van der Waals surface area contributed by atoms with Crippen LogP contribution in [0.5, 0.6) is 0 Å². The normalized spacial score (nSPS) is 11.4. The van der Waals surface area contributed by atoms with Gasteiger partial charge < -0.3 is 0 Å². The number of pyridine rings is 1. The van der Waals surface area contributed by atoms with Crippen molar-refractivity contribution in [2.24, 2.45) is 7.05 Å². The Hall–Kier alpha value is -2.80. The molecule has 1 N–H and O–H groups in total. The summed E-state index contributed by atoms with van der Waals surface area (Å²) in [7, 11) is 1.85. The van der Waals surface area contributed by atoms with E-state index in [0.717, 1.165) is 32.5 Å². The number of anilines is 1. The molecule has 132 valence electrons. The zero-order chi connectivity index (χ0) is 18.6. The molecule has 7 heteroatoms. The van der Waals surface area contributed by atoms with Gasteiger partial charge in [-0.25, -0.2) is 9.97 Å². The average molecular weight is 365 g/mol. The lowest BCUT2D eigenvalue weighted by molar-refractivity contribution is 0.102.